The number of thiazole rings is 1. The third kappa shape index (κ3) is 2.65. The lowest BCUT2D eigenvalue weighted by Gasteiger charge is -2.11. The van der Waals surface area contributed by atoms with Crippen molar-refractivity contribution < 1.29 is 9.84 Å². The summed E-state index contributed by atoms with van der Waals surface area (Å²) >= 11 is 6.20. The molecule has 6 heteroatoms. The lowest BCUT2D eigenvalue weighted by Crippen LogP contribution is -2.21. The molecule has 1 aromatic carbocycles. The normalized spacial score (nSPS) is 12.4. The third-order valence-corrected chi connectivity index (χ3v) is 3.60. The summed E-state index contributed by atoms with van der Waals surface area (Å²) in [5.41, 5.74) is 0.922. The molecule has 2 rings (SSSR count). The molecule has 0 aliphatic carbocycles. The SMILES string of the molecule is CNc1nc2ccc(OC(C)C(O)=S)cc2s1. The third-order valence-electron chi connectivity index (χ3n) is 2.23. The van der Waals surface area contributed by atoms with Gasteiger partial charge in [-0.1, -0.05) is 11.3 Å². The van der Waals surface area contributed by atoms with E-state index < -0.39 is 6.10 Å². The van der Waals surface area contributed by atoms with Gasteiger partial charge in [-0.2, -0.15) is 0 Å². The van der Waals surface area contributed by atoms with Crippen molar-refractivity contribution in [1.29, 1.82) is 0 Å². The van der Waals surface area contributed by atoms with Crippen molar-refractivity contribution in [2.24, 2.45) is 0 Å². The van der Waals surface area contributed by atoms with Gasteiger partial charge in [-0.25, -0.2) is 4.98 Å². The smallest absolute Gasteiger partial charge is 0.198 e. The van der Waals surface area contributed by atoms with Crippen LogP contribution in [-0.2, 0) is 0 Å². The highest BCUT2D eigenvalue weighted by molar-refractivity contribution is 7.80. The minimum absolute atomic E-state index is 0.148. The summed E-state index contributed by atoms with van der Waals surface area (Å²) in [4.78, 5) is 4.36. The number of fused-ring (bicyclic) bond motifs is 1. The summed E-state index contributed by atoms with van der Waals surface area (Å²) < 4.78 is 6.52. The van der Waals surface area contributed by atoms with Crippen LogP contribution in [0.1, 0.15) is 6.92 Å². The average molecular weight is 268 g/mol. The zero-order chi connectivity index (χ0) is 12.4. The van der Waals surface area contributed by atoms with Crippen LogP contribution >= 0.6 is 23.6 Å². The number of rotatable bonds is 4. The number of ether oxygens (including phenoxy) is 1. The molecule has 0 aliphatic heterocycles. The van der Waals surface area contributed by atoms with Gasteiger partial charge in [-0.3, -0.25) is 0 Å². The van der Waals surface area contributed by atoms with Crippen molar-refractivity contribution >= 4 is 44.0 Å². The zero-order valence-electron chi connectivity index (χ0n) is 9.43. The molecule has 1 atom stereocenters. The quantitative estimate of drug-likeness (QED) is 0.835. The molecule has 0 fully saturated rings. The molecular weight excluding hydrogens is 256 g/mol. The van der Waals surface area contributed by atoms with Crippen LogP contribution in [-0.4, -0.2) is 28.3 Å². The number of aliphatic hydroxyl groups excluding tert-OH is 1. The second-order valence-corrected chi connectivity index (χ2v) is 4.95. The van der Waals surface area contributed by atoms with Crippen LogP contribution in [0.2, 0.25) is 0 Å². The molecule has 2 aromatic rings. The molecule has 1 aromatic heterocycles. The topological polar surface area (TPSA) is 54.4 Å². The average Bonchev–Trinajstić information content (AvgIpc) is 2.70. The molecular formula is C11H12N2O2S2. The molecule has 90 valence electrons. The molecule has 1 heterocycles. The second-order valence-electron chi connectivity index (χ2n) is 3.50. The molecule has 17 heavy (non-hydrogen) atoms. The number of benzene rings is 1. The Bertz CT molecular complexity index is 553. The van der Waals surface area contributed by atoms with Crippen molar-refractivity contribution in [2.45, 2.75) is 13.0 Å². The Morgan fingerprint density at radius 3 is 3.00 bits per heavy atom. The summed E-state index contributed by atoms with van der Waals surface area (Å²) in [5.74, 6) is 0.674. The minimum atomic E-state index is -0.487. The monoisotopic (exact) mass is 268 g/mol. The van der Waals surface area contributed by atoms with Crippen molar-refractivity contribution in [1.82, 2.24) is 4.98 Å². The fraction of sp³-hybridized carbons (Fsp3) is 0.273. The fourth-order valence-corrected chi connectivity index (χ4v) is 2.24. The van der Waals surface area contributed by atoms with E-state index in [0.29, 0.717) is 5.75 Å². The summed E-state index contributed by atoms with van der Waals surface area (Å²) in [6.07, 6.45) is -0.487. The van der Waals surface area contributed by atoms with Gasteiger partial charge in [0.15, 0.2) is 16.3 Å². The Morgan fingerprint density at radius 1 is 1.59 bits per heavy atom. The maximum Gasteiger partial charge on any atom is 0.198 e. The van der Waals surface area contributed by atoms with Crippen LogP contribution in [0.4, 0.5) is 5.13 Å². The van der Waals surface area contributed by atoms with Crippen molar-refractivity contribution in [3.63, 3.8) is 0 Å². The predicted octanol–water partition coefficient (Wildman–Crippen LogP) is 2.99. The van der Waals surface area contributed by atoms with Gasteiger partial charge in [0.1, 0.15) is 5.75 Å². The Morgan fingerprint density at radius 2 is 2.35 bits per heavy atom. The van der Waals surface area contributed by atoms with Gasteiger partial charge in [-0.15, -0.1) is 0 Å². The number of aromatic nitrogens is 1. The molecule has 0 saturated carbocycles. The Balaban J connectivity index is 2.27. The molecule has 4 nitrogen and oxygen atoms in total. The van der Waals surface area contributed by atoms with Gasteiger partial charge in [0.25, 0.3) is 0 Å². The van der Waals surface area contributed by atoms with Crippen LogP contribution in [0.25, 0.3) is 10.2 Å². The summed E-state index contributed by atoms with van der Waals surface area (Å²) in [7, 11) is 1.83. The van der Waals surface area contributed by atoms with E-state index in [1.165, 1.54) is 0 Å². The van der Waals surface area contributed by atoms with Crippen molar-refractivity contribution in [3.05, 3.63) is 18.2 Å². The molecule has 1 unspecified atom stereocenters. The molecule has 0 amide bonds. The molecule has 0 aliphatic rings. The number of aliphatic hydroxyl groups is 1. The van der Waals surface area contributed by atoms with Crippen LogP contribution < -0.4 is 10.1 Å². The summed E-state index contributed by atoms with van der Waals surface area (Å²) in [6, 6.07) is 5.59. The summed E-state index contributed by atoms with van der Waals surface area (Å²) in [6.45, 7) is 1.71. The van der Waals surface area contributed by atoms with Gasteiger partial charge in [-0.05, 0) is 37.3 Å². The highest BCUT2D eigenvalue weighted by Crippen LogP contribution is 2.29. The van der Waals surface area contributed by atoms with E-state index in [0.717, 1.165) is 15.3 Å². The van der Waals surface area contributed by atoms with Gasteiger partial charge >= 0.3 is 0 Å². The first-order valence-corrected chi connectivity index (χ1v) is 6.30. The highest BCUT2D eigenvalue weighted by Gasteiger charge is 2.10. The maximum atomic E-state index is 9.12. The minimum Gasteiger partial charge on any atom is -0.499 e. The Labute approximate surface area is 108 Å². The van der Waals surface area contributed by atoms with E-state index >= 15 is 0 Å². The number of nitrogens with one attached hydrogen (secondary N) is 1. The van der Waals surface area contributed by atoms with Crippen molar-refractivity contribution in [3.8, 4) is 5.75 Å². The number of hydrogen-bond donors (Lipinski definition) is 2. The number of hydrogen-bond acceptors (Lipinski definition) is 5. The van der Waals surface area contributed by atoms with Crippen LogP contribution in [0.15, 0.2) is 18.2 Å². The van der Waals surface area contributed by atoms with E-state index in [2.05, 4.69) is 22.5 Å². The van der Waals surface area contributed by atoms with Crippen LogP contribution in [0.3, 0.4) is 0 Å². The number of nitrogens with zero attached hydrogens (tertiary/aromatic N) is 1. The van der Waals surface area contributed by atoms with E-state index in [9.17, 15) is 0 Å². The van der Waals surface area contributed by atoms with E-state index in [1.807, 2.05) is 25.2 Å². The first kappa shape index (κ1) is 12.1. The summed E-state index contributed by atoms with van der Waals surface area (Å²) in [5, 5.41) is 12.8. The Hall–Kier alpha value is -1.40. The lowest BCUT2D eigenvalue weighted by atomic mass is 10.3. The van der Waals surface area contributed by atoms with Crippen LogP contribution in [0, 0.1) is 0 Å². The van der Waals surface area contributed by atoms with Gasteiger partial charge in [0, 0.05) is 7.05 Å². The first-order chi connectivity index (χ1) is 8.10. The standard InChI is InChI=1S/C11H12N2O2S2/c1-6(10(14)16)15-7-3-4-8-9(5-7)17-11(12-2)13-8/h3-6H,1-2H3,(H,12,13)(H,14,16). The Kier molecular flexibility index (Phi) is 3.44. The van der Waals surface area contributed by atoms with Crippen LogP contribution in [0.5, 0.6) is 5.75 Å². The van der Waals surface area contributed by atoms with Gasteiger partial charge in [0.2, 0.25) is 0 Å². The maximum absolute atomic E-state index is 9.12. The molecule has 0 bridgehead atoms. The highest BCUT2D eigenvalue weighted by atomic mass is 32.1. The fourth-order valence-electron chi connectivity index (χ4n) is 1.34. The predicted molar refractivity (Wildman–Crippen MR) is 74.5 cm³/mol. The van der Waals surface area contributed by atoms with E-state index in [4.69, 9.17) is 9.84 Å². The van der Waals surface area contributed by atoms with Gasteiger partial charge in [0.05, 0.1) is 10.2 Å². The van der Waals surface area contributed by atoms with Gasteiger partial charge < -0.3 is 15.2 Å². The molecule has 0 spiro atoms. The largest absolute Gasteiger partial charge is 0.499 e. The first-order valence-electron chi connectivity index (χ1n) is 5.08. The molecule has 0 radical (unpaired) electrons. The van der Waals surface area contributed by atoms with Crippen molar-refractivity contribution in [2.75, 3.05) is 12.4 Å². The van der Waals surface area contributed by atoms with E-state index in [1.54, 1.807) is 18.3 Å². The zero-order valence-corrected chi connectivity index (χ0v) is 11.1. The van der Waals surface area contributed by atoms with E-state index in [-0.39, 0.29) is 5.05 Å². The number of thiocarbonyl (C=S) groups is 1. The second kappa shape index (κ2) is 4.85. The number of anilines is 1. The molecule has 2 N–H and O–H groups in total. The lowest BCUT2D eigenvalue weighted by molar-refractivity contribution is 0.265. The molecule has 0 saturated heterocycles.